The van der Waals surface area contributed by atoms with Crippen molar-refractivity contribution >= 4 is 33.9 Å². The average molecular weight is 467 g/mol. The third-order valence-electron chi connectivity index (χ3n) is 5.21. The lowest BCUT2D eigenvalue weighted by Crippen LogP contribution is -2.29. The largest absolute Gasteiger partial charge is 0.507 e. The normalized spacial score (nSPS) is 17.3. The molecular formula is C24H22N2O6S. The van der Waals surface area contributed by atoms with Crippen LogP contribution < -0.4 is 19.1 Å². The summed E-state index contributed by atoms with van der Waals surface area (Å²) in [7, 11) is 3.02. The van der Waals surface area contributed by atoms with Gasteiger partial charge in [-0.15, -0.1) is 11.3 Å². The van der Waals surface area contributed by atoms with Gasteiger partial charge in [-0.1, -0.05) is 18.2 Å². The Morgan fingerprint density at radius 2 is 1.91 bits per heavy atom. The quantitative estimate of drug-likeness (QED) is 0.317. The van der Waals surface area contributed by atoms with Crippen LogP contribution in [0.1, 0.15) is 24.1 Å². The number of benzene rings is 2. The van der Waals surface area contributed by atoms with Gasteiger partial charge >= 0.3 is 5.91 Å². The number of hydrogen-bond acceptors (Lipinski definition) is 8. The number of aliphatic hydroxyl groups is 1. The third-order valence-corrected chi connectivity index (χ3v) is 5.98. The van der Waals surface area contributed by atoms with Gasteiger partial charge in [0.05, 0.1) is 32.4 Å². The number of nitrogens with zero attached hydrogens (tertiary/aromatic N) is 2. The Morgan fingerprint density at radius 3 is 2.58 bits per heavy atom. The highest BCUT2D eigenvalue weighted by molar-refractivity contribution is 7.14. The molecule has 0 bridgehead atoms. The molecule has 1 saturated heterocycles. The zero-order valence-electron chi connectivity index (χ0n) is 18.3. The number of amides is 1. The first kappa shape index (κ1) is 22.3. The van der Waals surface area contributed by atoms with Gasteiger partial charge < -0.3 is 19.3 Å². The van der Waals surface area contributed by atoms with Crippen molar-refractivity contribution < 1.29 is 28.9 Å². The molecule has 3 aromatic rings. The lowest BCUT2D eigenvalue weighted by atomic mass is 9.95. The summed E-state index contributed by atoms with van der Waals surface area (Å²) in [4.78, 5) is 31.8. The number of methoxy groups -OCH3 is 2. The number of Topliss-reactive ketones (excluding diaryl/α,β-unsaturated/α-hetero) is 1. The maximum absolute atomic E-state index is 13.2. The van der Waals surface area contributed by atoms with Crippen molar-refractivity contribution in [1.82, 2.24) is 4.98 Å². The molecule has 1 amide bonds. The van der Waals surface area contributed by atoms with Crippen molar-refractivity contribution in [2.75, 3.05) is 25.7 Å². The van der Waals surface area contributed by atoms with E-state index in [0.717, 1.165) is 0 Å². The highest BCUT2D eigenvalue weighted by Gasteiger charge is 2.48. The number of carbonyl (C=O) groups is 2. The fourth-order valence-corrected chi connectivity index (χ4v) is 4.43. The van der Waals surface area contributed by atoms with E-state index in [1.807, 2.05) is 6.92 Å². The first-order valence-corrected chi connectivity index (χ1v) is 11.0. The van der Waals surface area contributed by atoms with Gasteiger partial charge in [0.25, 0.3) is 5.78 Å². The number of carbonyl (C=O) groups excluding carboxylic acids is 2. The lowest BCUT2D eigenvalue weighted by molar-refractivity contribution is -0.132. The van der Waals surface area contributed by atoms with E-state index in [4.69, 9.17) is 14.2 Å². The van der Waals surface area contributed by atoms with Gasteiger partial charge in [-0.2, -0.15) is 0 Å². The van der Waals surface area contributed by atoms with Crippen LogP contribution in [-0.4, -0.2) is 42.6 Å². The van der Waals surface area contributed by atoms with E-state index in [-0.39, 0.29) is 11.3 Å². The zero-order valence-corrected chi connectivity index (χ0v) is 19.1. The fraction of sp³-hybridized carbons (Fsp3) is 0.208. The lowest BCUT2D eigenvalue weighted by Gasteiger charge is -2.23. The van der Waals surface area contributed by atoms with E-state index >= 15 is 0 Å². The highest BCUT2D eigenvalue weighted by Crippen LogP contribution is 2.44. The van der Waals surface area contributed by atoms with Gasteiger partial charge in [-0.25, -0.2) is 4.98 Å². The van der Waals surface area contributed by atoms with Gasteiger partial charge in [-0.05, 0) is 36.8 Å². The summed E-state index contributed by atoms with van der Waals surface area (Å²) in [5.74, 6) is -0.404. The molecule has 0 saturated carbocycles. The molecular weight excluding hydrogens is 444 g/mol. The molecule has 0 spiro atoms. The van der Waals surface area contributed by atoms with Gasteiger partial charge in [-0.3, -0.25) is 14.5 Å². The summed E-state index contributed by atoms with van der Waals surface area (Å²) in [6.45, 7) is 2.30. The number of hydrogen-bond donors (Lipinski definition) is 1. The third kappa shape index (κ3) is 4.03. The van der Waals surface area contributed by atoms with Crippen molar-refractivity contribution in [3.63, 3.8) is 0 Å². The topological polar surface area (TPSA) is 98.2 Å². The van der Waals surface area contributed by atoms with Crippen molar-refractivity contribution in [2.24, 2.45) is 0 Å². The number of thiazole rings is 1. The average Bonchev–Trinajstić information content (AvgIpc) is 3.45. The van der Waals surface area contributed by atoms with Crippen molar-refractivity contribution in [3.8, 4) is 17.2 Å². The summed E-state index contributed by atoms with van der Waals surface area (Å²) in [5, 5.41) is 13.3. The molecule has 1 aliphatic rings. The van der Waals surface area contributed by atoms with Gasteiger partial charge in [0.1, 0.15) is 11.5 Å². The Bertz CT molecular complexity index is 1220. The standard InChI is InChI=1S/C24H22N2O6S/c1-4-32-16-7-5-6-15(12-16)21(27)19-20(14-8-9-17(30-2)18(13-14)31-3)26(23(29)22(19)28)24-25-10-11-33-24/h5-13,20,27H,4H2,1-3H3. The van der Waals surface area contributed by atoms with Crippen LogP contribution in [0, 0.1) is 0 Å². The maximum atomic E-state index is 13.2. The summed E-state index contributed by atoms with van der Waals surface area (Å²) in [5.41, 5.74) is 0.879. The molecule has 0 radical (unpaired) electrons. The molecule has 1 unspecified atom stereocenters. The van der Waals surface area contributed by atoms with E-state index in [1.165, 1.54) is 30.5 Å². The Hall–Kier alpha value is -3.85. The zero-order chi connectivity index (χ0) is 23.5. The molecule has 170 valence electrons. The van der Waals surface area contributed by atoms with Crippen LogP contribution in [0.2, 0.25) is 0 Å². The van der Waals surface area contributed by atoms with Gasteiger partial charge in [0, 0.05) is 17.1 Å². The molecule has 4 rings (SSSR count). The SMILES string of the molecule is CCOc1cccc(C(O)=C2C(=O)C(=O)N(c3nccs3)C2c2ccc(OC)c(OC)c2)c1. The smallest absolute Gasteiger partial charge is 0.301 e. The maximum Gasteiger partial charge on any atom is 0.301 e. The fourth-order valence-electron chi connectivity index (χ4n) is 3.76. The molecule has 1 N–H and O–H groups in total. The van der Waals surface area contributed by atoms with Gasteiger partial charge in [0.15, 0.2) is 16.6 Å². The number of anilines is 1. The monoisotopic (exact) mass is 466 g/mol. The number of ketones is 1. The van der Waals surface area contributed by atoms with E-state index in [2.05, 4.69) is 4.98 Å². The summed E-state index contributed by atoms with van der Waals surface area (Å²) >= 11 is 1.22. The van der Waals surface area contributed by atoms with Crippen LogP contribution in [0.25, 0.3) is 5.76 Å². The second-order valence-corrected chi connectivity index (χ2v) is 7.93. The minimum Gasteiger partial charge on any atom is -0.507 e. The number of aromatic nitrogens is 1. The second-order valence-electron chi connectivity index (χ2n) is 7.06. The second kappa shape index (κ2) is 9.33. The van der Waals surface area contributed by atoms with Crippen LogP contribution in [0.5, 0.6) is 17.2 Å². The summed E-state index contributed by atoms with van der Waals surface area (Å²) < 4.78 is 16.3. The molecule has 9 heteroatoms. The van der Waals surface area contributed by atoms with Crippen LogP contribution >= 0.6 is 11.3 Å². The van der Waals surface area contributed by atoms with Gasteiger partial charge in [0.2, 0.25) is 0 Å². The number of ether oxygens (including phenoxy) is 3. The van der Waals surface area contributed by atoms with Crippen LogP contribution in [0.15, 0.2) is 59.6 Å². The minimum atomic E-state index is -0.910. The van der Waals surface area contributed by atoms with Crippen LogP contribution in [-0.2, 0) is 9.59 Å². The van der Waals surface area contributed by atoms with Crippen molar-refractivity contribution in [2.45, 2.75) is 13.0 Å². The van der Waals surface area contributed by atoms with Crippen molar-refractivity contribution in [3.05, 3.63) is 70.7 Å². The molecule has 2 heterocycles. The number of aliphatic hydroxyl groups excluding tert-OH is 1. The summed E-state index contributed by atoms with van der Waals surface area (Å²) in [6, 6.07) is 10.9. The molecule has 0 aliphatic carbocycles. The first-order chi connectivity index (χ1) is 16.0. The Kier molecular flexibility index (Phi) is 6.32. The summed E-state index contributed by atoms with van der Waals surface area (Å²) in [6.07, 6.45) is 1.55. The van der Waals surface area contributed by atoms with E-state index < -0.39 is 17.7 Å². The predicted molar refractivity (Wildman–Crippen MR) is 124 cm³/mol. The van der Waals surface area contributed by atoms with Crippen molar-refractivity contribution in [1.29, 1.82) is 0 Å². The molecule has 1 fully saturated rings. The molecule has 33 heavy (non-hydrogen) atoms. The predicted octanol–water partition coefficient (Wildman–Crippen LogP) is 4.19. The van der Waals surface area contributed by atoms with Crippen LogP contribution in [0.4, 0.5) is 5.13 Å². The Morgan fingerprint density at radius 1 is 1.12 bits per heavy atom. The Labute approximate surface area is 194 Å². The van der Waals surface area contributed by atoms with Crippen LogP contribution in [0.3, 0.4) is 0 Å². The minimum absolute atomic E-state index is 0.0453. The first-order valence-electron chi connectivity index (χ1n) is 10.2. The Balaban J connectivity index is 1.93. The van der Waals surface area contributed by atoms with E-state index in [0.29, 0.717) is 40.1 Å². The molecule has 1 aliphatic heterocycles. The highest BCUT2D eigenvalue weighted by atomic mass is 32.1. The molecule has 1 aromatic heterocycles. The molecule has 8 nitrogen and oxygen atoms in total. The number of rotatable bonds is 7. The molecule has 1 atom stereocenters. The molecule has 2 aromatic carbocycles. The van der Waals surface area contributed by atoms with E-state index in [9.17, 15) is 14.7 Å². The van der Waals surface area contributed by atoms with E-state index in [1.54, 1.807) is 54.0 Å².